The van der Waals surface area contributed by atoms with Crippen LogP contribution in [-0.4, -0.2) is 30.5 Å². The number of nitrogens with one attached hydrogen (secondary N) is 1. The first-order chi connectivity index (χ1) is 11.6. The van der Waals surface area contributed by atoms with Crippen molar-refractivity contribution >= 4 is 34.5 Å². The van der Waals surface area contributed by atoms with Gasteiger partial charge in [0.2, 0.25) is 5.91 Å². The van der Waals surface area contributed by atoms with Gasteiger partial charge in [-0.05, 0) is 56.0 Å². The van der Waals surface area contributed by atoms with E-state index in [2.05, 4.69) is 27.7 Å². The van der Waals surface area contributed by atoms with E-state index in [0.29, 0.717) is 22.5 Å². The smallest absolute Gasteiger partial charge is 0.241 e. The number of thiophene rings is 1. The topological polar surface area (TPSA) is 41.6 Å². The summed E-state index contributed by atoms with van der Waals surface area (Å²) in [7, 11) is 1.58. The summed E-state index contributed by atoms with van der Waals surface area (Å²) in [5, 5.41) is 5.61. The summed E-state index contributed by atoms with van der Waals surface area (Å²) in [5.41, 5.74) is 0.605. The third-order valence-electron chi connectivity index (χ3n) is 4.46. The second-order valence-electron chi connectivity index (χ2n) is 5.92. The summed E-state index contributed by atoms with van der Waals surface area (Å²) in [4.78, 5) is 16.3. The Morgan fingerprint density at radius 2 is 2.29 bits per heavy atom. The van der Waals surface area contributed by atoms with Crippen LogP contribution < -0.4 is 10.1 Å². The lowest BCUT2D eigenvalue weighted by molar-refractivity contribution is -0.121. The number of halogens is 1. The molecule has 1 fully saturated rings. The Labute approximate surface area is 151 Å². The molecule has 3 rings (SSSR count). The van der Waals surface area contributed by atoms with Gasteiger partial charge in [-0.15, -0.1) is 11.3 Å². The minimum Gasteiger partial charge on any atom is -0.495 e. The molecular weight excluding hydrogens is 344 g/mol. The van der Waals surface area contributed by atoms with Gasteiger partial charge in [0.1, 0.15) is 5.75 Å². The summed E-state index contributed by atoms with van der Waals surface area (Å²) < 4.78 is 5.30. The number of amides is 1. The first-order valence-electron chi connectivity index (χ1n) is 8.03. The van der Waals surface area contributed by atoms with Crippen molar-refractivity contribution < 1.29 is 9.53 Å². The number of carbonyl (C=O) groups is 1. The van der Waals surface area contributed by atoms with Crippen LogP contribution in [0.4, 0.5) is 5.69 Å². The molecule has 0 saturated carbocycles. The van der Waals surface area contributed by atoms with Crippen molar-refractivity contribution in [3.8, 4) is 5.75 Å². The molecule has 2 unspecified atom stereocenters. The van der Waals surface area contributed by atoms with E-state index in [1.165, 1.54) is 4.88 Å². The number of likely N-dealkylation sites (tertiary alicyclic amines) is 1. The van der Waals surface area contributed by atoms with Crippen LogP contribution >= 0.6 is 22.9 Å². The van der Waals surface area contributed by atoms with Crippen LogP contribution in [0.5, 0.6) is 5.75 Å². The SMILES string of the molecule is COc1ccc(Cl)cc1NC(=O)C(C)N1CCCC1c1cccs1. The van der Waals surface area contributed by atoms with E-state index in [1.807, 2.05) is 6.92 Å². The van der Waals surface area contributed by atoms with Gasteiger partial charge in [0, 0.05) is 15.9 Å². The molecule has 2 aromatic rings. The molecule has 1 saturated heterocycles. The van der Waals surface area contributed by atoms with Gasteiger partial charge in [0.25, 0.3) is 0 Å². The van der Waals surface area contributed by atoms with Crippen LogP contribution in [-0.2, 0) is 4.79 Å². The predicted octanol–water partition coefficient (Wildman–Crippen LogP) is 4.57. The van der Waals surface area contributed by atoms with Crippen molar-refractivity contribution in [2.24, 2.45) is 0 Å². The molecule has 2 heterocycles. The van der Waals surface area contributed by atoms with E-state index in [4.69, 9.17) is 16.3 Å². The maximum atomic E-state index is 12.7. The Hall–Kier alpha value is -1.56. The summed E-state index contributed by atoms with van der Waals surface area (Å²) in [5.74, 6) is 0.565. The van der Waals surface area contributed by atoms with Gasteiger partial charge in [-0.3, -0.25) is 9.69 Å². The van der Waals surface area contributed by atoms with Crippen molar-refractivity contribution in [2.45, 2.75) is 31.8 Å². The number of carbonyl (C=O) groups excluding carboxylic acids is 1. The summed E-state index contributed by atoms with van der Waals surface area (Å²) in [6.07, 6.45) is 2.21. The van der Waals surface area contributed by atoms with E-state index in [1.54, 1.807) is 36.6 Å². The van der Waals surface area contributed by atoms with E-state index in [-0.39, 0.29) is 11.9 Å². The quantitative estimate of drug-likeness (QED) is 0.844. The van der Waals surface area contributed by atoms with E-state index in [9.17, 15) is 4.79 Å². The van der Waals surface area contributed by atoms with Gasteiger partial charge < -0.3 is 10.1 Å². The lowest BCUT2D eigenvalue weighted by Crippen LogP contribution is -2.41. The number of hydrogen-bond donors (Lipinski definition) is 1. The monoisotopic (exact) mass is 364 g/mol. The average molecular weight is 365 g/mol. The largest absolute Gasteiger partial charge is 0.495 e. The zero-order valence-corrected chi connectivity index (χ0v) is 15.4. The van der Waals surface area contributed by atoms with Crippen LogP contribution in [0, 0.1) is 0 Å². The van der Waals surface area contributed by atoms with Gasteiger partial charge in [-0.1, -0.05) is 17.7 Å². The van der Waals surface area contributed by atoms with Crippen molar-refractivity contribution in [3.05, 3.63) is 45.6 Å². The number of hydrogen-bond acceptors (Lipinski definition) is 4. The number of benzene rings is 1. The first kappa shape index (κ1) is 17.3. The first-order valence-corrected chi connectivity index (χ1v) is 9.29. The van der Waals surface area contributed by atoms with Crippen molar-refractivity contribution in [2.75, 3.05) is 19.0 Å². The molecule has 24 heavy (non-hydrogen) atoms. The van der Waals surface area contributed by atoms with Crippen molar-refractivity contribution in [1.82, 2.24) is 4.90 Å². The molecule has 2 atom stereocenters. The second kappa shape index (κ2) is 7.55. The number of anilines is 1. The minimum atomic E-state index is -0.219. The number of methoxy groups -OCH3 is 1. The Morgan fingerprint density at radius 1 is 1.46 bits per heavy atom. The zero-order chi connectivity index (χ0) is 17.1. The van der Waals surface area contributed by atoms with Crippen LogP contribution in [0.2, 0.25) is 5.02 Å². The predicted molar refractivity (Wildman–Crippen MR) is 99.1 cm³/mol. The highest BCUT2D eigenvalue weighted by molar-refractivity contribution is 7.10. The maximum absolute atomic E-state index is 12.7. The molecule has 1 N–H and O–H groups in total. The molecule has 0 bridgehead atoms. The summed E-state index contributed by atoms with van der Waals surface area (Å²) in [6, 6.07) is 9.54. The van der Waals surface area contributed by atoms with Gasteiger partial charge in [-0.2, -0.15) is 0 Å². The lowest BCUT2D eigenvalue weighted by atomic mass is 10.1. The third kappa shape index (κ3) is 3.58. The summed E-state index contributed by atoms with van der Waals surface area (Å²) >= 11 is 7.79. The molecular formula is C18H21ClN2O2S. The van der Waals surface area contributed by atoms with E-state index < -0.39 is 0 Å². The van der Waals surface area contributed by atoms with Gasteiger partial charge >= 0.3 is 0 Å². The minimum absolute atomic E-state index is 0.0426. The normalized spacial score (nSPS) is 19.2. The van der Waals surface area contributed by atoms with Crippen molar-refractivity contribution in [1.29, 1.82) is 0 Å². The van der Waals surface area contributed by atoms with Crippen LogP contribution in [0.3, 0.4) is 0 Å². The van der Waals surface area contributed by atoms with Crippen LogP contribution in [0.25, 0.3) is 0 Å². The molecule has 128 valence electrons. The fraction of sp³-hybridized carbons (Fsp3) is 0.389. The number of ether oxygens (including phenoxy) is 1. The van der Waals surface area contributed by atoms with E-state index >= 15 is 0 Å². The molecule has 1 aliphatic heterocycles. The Balaban J connectivity index is 1.74. The Morgan fingerprint density at radius 3 is 3.00 bits per heavy atom. The number of nitrogens with zero attached hydrogens (tertiary/aromatic N) is 1. The molecule has 1 aliphatic rings. The standard InChI is InChI=1S/C18H21ClN2O2S/c1-12(21-9-3-5-15(21)17-6-4-10-24-17)18(22)20-14-11-13(19)7-8-16(14)23-2/h4,6-8,10-12,15H,3,5,9H2,1-2H3,(H,20,22). The Bertz CT molecular complexity index is 705. The fourth-order valence-corrected chi connectivity index (χ4v) is 4.26. The molecule has 0 radical (unpaired) electrons. The second-order valence-corrected chi connectivity index (χ2v) is 7.34. The molecule has 1 amide bonds. The zero-order valence-electron chi connectivity index (χ0n) is 13.8. The maximum Gasteiger partial charge on any atom is 0.241 e. The third-order valence-corrected chi connectivity index (χ3v) is 5.67. The van der Waals surface area contributed by atoms with Crippen molar-refractivity contribution in [3.63, 3.8) is 0 Å². The lowest BCUT2D eigenvalue weighted by Gasteiger charge is -2.29. The van der Waals surface area contributed by atoms with Gasteiger partial charge in [0.05, 0.1) is 18.8 Å². The van der Waals surface area contributed by atoms with Crippen LogP contribution in [0.1, 0.15) is 30.7 Å². The molecule has 0 spiro atoms. The van der Waals surface area contributed by atoms with Gasteiger partial charge in [0.15, 0.2) is 0 Å². The molecule has 4 nitrogen and oxygen atoms in total. The van der Waals surface area contributed by atoms with E-state index in [0.717, 1.165) is 19.4 Å². The molecule has 6 heteroatoms. The van der Waals surface area contributed by atoms with Gasteiger partial charge in [-0.25, -0.2) is 0 Å². The average Bonchev–Trinajstić information content (AvgIpc) is 3.25. The molecule has 1 aromatic heterocycles. The highest BCUT2D eigenvalue weighted by Gasteiger charge is 2.33. The molecule has 1 aromatic carbocycles. The fourth-order valence-electron chi connectivity index (χ4n) is 3.20. The summed E-state index contributed by atoms with van der Waals surface area (Å²) in [6.45, 7) is 2.89. The number of rotatable bonds is 5. The van der Waals surface area contributed by atoms with Crippen LogP contribution in [0.15, 0.2) is 35.7 Å². The highest BCUT2D eigenvalue weighted by Crippen LogP contribution is 2.36. The highest BCUT2D eigenvalue weighted by atomic mass is 35.5. The molecule has 0 aliphatic carbocycles. The Kier molecular flexibility index (Phi) is 5.43.